The fourth-order valence-electron chi connectivity index (χ4n) is 2.07. The first kappa shape index (κ1) is 16.1. The number of hydrogen-bond donors (Lipinski definition) is 1. The van der Waals surface area contributed by atoms with Crippen LogP contribution in [0.4, 0.5) is 4.39 Å². The maximum absolute atomic E-state index is 13.1. The highest BCUT2D eigenvalue weighted by atomic mass is 32.1. The molecule has 0 spiro atoms. The van der Waals surface area contributed by atoms with Gasteiger partial charge in [-0.15, -0.1) is 11.3 Å². The molecule has 0 aliphatic rings. The number of halogens is 1. The summed E-state index contributed by atoms with van der Waals surface area (Å²) >= 11 is 1.69. The van der Waals surface area contributed by atoms with E-state index in [1.54, 1.807) is 23.5 Å². The van der Waals surface area contributed by atoms with E-state index >= 15 is 0 Å². The van der Waals surface area contributed by atoms with Crippen molar-refractivity contribution in [3.05, 3.63) is 40.7 Å². The van der Waals surface area contributed by atoms with Crippen molar-refractivity contribution in [2.24, 2.45) is 0 Å². The highest BCUT2D eigenvalue weighted by Gasteiger charge is 2.23. The smallest absolute Gasteiger partial charge is 0.123 e. The minimum absolute atomic E-state index is 0.00275. The summed E-state index contributed by atoms with van der Waals surface area (Å²) in [7, 11) is 0. The van der Waals surface area contributed by atoms with Gasteiger partial charge in [0.25, 0.3) is 0 Å². The Bertz CT molecular complexity index is 594. The number of benzene rings is 1. The van der Waals surface area contributed by atoms with Crippen LogP contribution in [0.3, 0.4) is 0 Å². The fraction of sp³-hybridized carbons (Fsp3) is 0.471. The second-order valence-corrected chi connectivity index (χ2v) is 7.67. The molecule has 1 aromatic heterocycles. The molecule has 4 heteroatoms. The molecule has 21 heavy (non-hydrogen) atoms. The summed E-state index contributed by atoms with van der Waals surface area (Å²) in [5.74, 6) is -0.215. The van der Waals surface area contributed by atoms with Crippen molar-refractivity contribution in [3.8, 4) is 10.6 Å². The third kappa shape index (κ3) is 4.11. The monoisotopic (exact) mass is 306 g/mol. The zero-order valence-corrected chi connectivity index (χ0v) is 14.1. The van der Waals surface area contributed by atoms with Crippen LogP contribution in [0.1, 0.15) is 45.2 Å². The maximum Gasteiger partial charge on any atom is 0.123 e. The van der Waals surface area contributed by atoms with E-state index in [-0.39, 0.29) is 11.2 Å². The van der Waals surface area contributed by atoms with Gasteiger partial charge in [0.1, 0.15) is 10.8 Å². The molecular formula is C17H23FN2S. The van der Waals surface area contributed by atoms with E-state index < -0.39 is 0 Å². The van der Waals surface area contributed by atoms with Crippen LogP contribution in [0, 0.1) is 5.82 Å². The lowest BCUT2D eigenvalue weighted by Crippen LogP contribution is -2.23. The molecule has 2 rings (SSSR count). The van der Waals surface area contributed by atoms with Crippen LogP contribution >= 0.6 is 11.3 Å². The lowest BCUT2D eigenvalue weighted by molar-refractivity contribution is 0.546. The van der Waals surface area contributed by atoms with Gasteiger partial charge in [0.15, 0.2) is 0 Å². The first-order valence-electron chi connectivity index (χ1n) is 7.27. The molecule has 0 atom stereocenters. The third-order valence-corrected chi connectivity index (χ3v) is 4.27. The zero-order chi connectivity index (χ0) is 15.6. The predicted octanol–water partition coefficient (Wildman–Crippen LogP) is 4.74. The van der Waals surface area contributed by atoms with Crippen LogP contribution in [0.25, 0.3) is 10.6 Å². The Balaban J connectivity index is 2.37. The van der Waals surface area contributed by atoms with Crippen LogP contribution in [0.2, 0.25) is 0 Å². The lowest BCUT2D eigenvalue weighted by atomic mass is 9.91. The van der Waals surface area contributed by atoms with E-state index in [0.717, 1.165) is 22.8 Å². The summed E-state index contributed by atoms with van der Waals surface area (Å²) in [4.78, 5) is 6.08. The van der Waals surface area contributed by atoms with Gasteiger partial charge in [-0.05, 0) is 24.3 Å². The summed E-state index contributed by atoms with van der Waals surface area (Å²) < 4.78 is 13.1. The largest absolute Gasteiger partial charge is 0.310 e. The first-order valence-corrected chi connectivity index (χ1v) is 8.08. The second kappa shape index (κ2) is 6.24. The summed E-state index contributed by atoms with van der Waals surface area (Å²) in [6, 6.07) is 6.99. The molecule has 0 amide bonds. The second-order valence-electron chi connectivity index (χ2n) is 6.58. The Morgan fingerprint density at radius 2 is 1.81 bits per heavy atom. The minimum atomic E-state index is -0.215. The van der Waals surface area contributed by atoms with Gasteiger partial charge in [0.05, 0.1) is 5.69 Å². The maximum atomic E-state index is 13.1. The third-order valence-electron chi connectivity index (χ3n) is 3.17. The molecule has 2 nitrogen and oxygen atoms in total. The zero-order valence-electron chi connectivity index (χ0n) is 13.3. The quantitative estimate of drug-likeness (QED) is 0.882. The topological polar surface area (TPSA) is 24.9 Å². The summed E-state index contributed by atoms with van der Waals surface area (Å²) in [5.41, 5.74) is 2.10. The number of nitrogens with zero attached hydrogens (tertiary/aromatic N) is 1. The van der Waals surface area contributed by atoms with Gasteiger partial charge in [-0.3, -0.25) is 0 Å². The van der Waals surface area contributed by atoms with Gasteiger partial charge >= 0.3 is 0 Å². The number of nitrogens with one attached hydrogen (secondary N) is 1. The van der Waals surface area contributed by atoms with Crippen molar-refractivity contribution in [2.75, 3.05) is 0 Å². The first-order chi connectivity index (χ1) is 9.77. The van der Waals surface area contributed by atoms with Crippen molar-refractivity contribution in [2.45, 2.75) is 52.6 Å². The summed E-state index contributed by atoms with van der Waals surface area (Å²) in [6.07, 6.45) is 0. The Labute approximate surface area is 130 Å². The highest BCUT2D eigenvalue weighted by molar-refractivity contribution is 7.15. The van der Waals surface area contributed by atoms with Crippen molar-refractivity contribution in [1.29, 1.82) is 0 Å². The van der Waals surface area contributed by atoms with Crippen molar-refractivity contribution in [1.82, 2.24) is 10.3 Å². The average Bonchev–Trinajstić information content (AvgIpc) is 2.81. The van der Waals surface area contributed by atoms with Gasteiger partial charge in [-0.2, -0.15) is 0 Å². The van der Waals surface area contributed by atoms with E-state index in [9.17, 15) is 4.39 Å². The van der Waals surface area contributed by atoms with E-state index in [2.05, 4.69) is 39.9 Å². The Morgan fingerprint density at radius 3 is 2.33 bits per heavy atom. The van der Waals surface area contributed by atoms with Crippen molar-refractivity contribution >= 4 is 11.3 Å². The van der Waals surface area contributed by atoms with E-state index in [4.69, 9.17) is 4.98 Å². The SMILES string of the molecule is CC(C)NCc1sc(-c2ccc(F)cc2)nc1C(C)(C)C. The molecule has 0 aliphatic heterocycles. The number of rotatable bonds is 4. The molecule has 0 fully saturated rings. The normalized spacial score (nSPS) is 12.1. The molecule has 0 aliphatic carbocycles. The molecule has 0 saturated carbocycles. The molecule has 1 aromatic carbocycles. The predicted molar refractivity (Wildman–Crippen MR) is 88.2 cm³/mol. The highest BCUT2D eigenvalue weighted by Crippen LogP contribution is 2.34. The van der Waals surface area contributed by atoms with Gasteiger partial charge < -0.3 is 5.32 Å². The van der Waals surface area contributed by atoms with Gasteiger partial charge in [0, 0.05) is 28.4 Å². The molecule has 114 valence electrons. The van der Waals surface area contributed by atoms with Crippen LogP contribution in [-0.4, -0.2) is 11.0 Å². The van der Waals surface area contributed by atoms with Crippen LogP contribution < -0.4 is 5.32 Å². The van der Waals surface area contributed by atoms with Crippen LogP contribution in [0.5, 0.6) is 0 Å². The lowest BCUT2D eigenvalue weighted by Gasteiger charge is -2.18. The molecule has 1 heterocycles. The molecule has 0 saturated heterocycles. The molecule has 2 aromatic rings. The molecular weight excluding hydrogens is 283 g/mol. The Hall–Kier alpha value is -1.26. The van der Waals surface area contributed by atoms with E-state index in [0.29, 0.717) is 6.04 Å². The van der Waals surface area contributed by atoms with Crippen molar-refractivity contribution in [3.63, 3.8) is 0 Å². The summed E-state index contributed by atoms with van der Waals surface area (Å²) in [5, 5.41) is 4.42. The van der Waals surface area contributed by atoms with Gasteiger partial charge in [-0.25, -0.2) is 9.37 Å². The number of hydrogen-bond acceptors (Lipinski definition) is 3. The number of thiazole rings is 1. The van der Waals surface area contributed by atoms with Crippen molar-refractivity contribution < 1.29 is 4.39 Å². The molecule has 0 unspecified atom stereocenters. The van der Waals surface area contributed by atoms with Crippen LogP contribution in [0.15, 0.2) is 24.3 Å². The Kier molecular flexibility index (Phi) is 4.79. The van der Waals surface area contributed by atoms with E-state index in [1.807, 2.05) is 0 Å². The van der Waals surface area contributed by atoms with Gasteiger partial charge in [-0.1, -0.05) is 34.6 Å². The minimum Gasteiger partial charge on any atom is -0.310 e. The fourth-order valence-corrected chi connectivity index (χ4v) is 3.30. The van der Waals surface area contributed by atoms with E-state index in [1.165, 1.54) is 17.0 Å². The summed E-state index contributed by atoms with van der Waals surface area (Å²) in [6.45, 7) is 11.6. The Morgan fingerprint density at radius 1 is 1.19 bits per heavy atom. The van der Waals surface area contributed by atoms with Crippen LogP contribution in [-0.2, 0) is 12.0 Å². The number of aromatic nitrogens is 1. The molecule has 0 radical (unpaired) electrons. The standard InChI is InChI=1S/C17H23FN2S/c1-11(2)19-10-14-15(17(3,4)5)20-16(21-14)12-6-8-13(18)9-7-12/h6-9,11,19H,10H2,1-5H3. The average molecular weight is 306 g/mol. The molecule has 0 bridgehead atoms. The van der Waals surface area contributed by atoms with Gasteiger partial charge in [0.2, 0.25) is 0 Å². The molecule has 1 N–H and O–H groups in total.